The molecule has 0 aromatic rings. The minimum atomic E-state index is 0.481. The number of hydrogen-bond acceptors (Lipinski definition) is 3. The van der Waals surface area contributed by atoms with Crippen molar-refractivity contribution >= 4 is 23.3 Å². The van der Waals surface area contributed by atoms with Crippen molar-refractivity contribution in [3.05, 3.63) is 5.70 Å². The van der Waals surface area contributed by atoms with Crippen LogP contribution in [0.3, 0.4) is 0 Å². The molecule has 0 saturated carbocycles. The van der Waals surface area contributed by atoms with Crippen molar-refractivity contribution in [1.82, 2.24) is 0 Å². The molecule has 8 heavy (non-hydrogen) atoms. The Balaban J connectivity index is 4.13. The van der Waals surface area contributed by atoms with Crippen LogP contribution in [0.25, 0.3) is 0 Å². The molecule has 0 N–H and O–H groups in total. The van der Waals surface area contributed by atoms with Gasteiger partial charge in [0.25, 0.3) is 0 Å². The van der Waals surface area contributed by atoms with Crippen LogP contribution in [0.2, 0.25) is 0 Å². The molecule has 0 heterocycles. The van der Waals surface area contributed by atoms with Crippen molar-refractivity contribution < 1.29 is 4.79 Å². The minimum absolute atomic E-state index is 0.481. The Morgan fingerprint density at radius 3 is 2.62 bits per heavy atom. The SMILES string of the molecule is CCC(=C=S)N=C=O. The third-order valence-corrected chi connectivity index (χ3v) is 0.869. The zero-order chi connectivity index (χ0) is 6.41. The van der Waals surface area contributed by atoms with Crippen LogP contribution in [-0.4, -0.2) is 11.1 Å². The van der Waals surface area contributed by atoms with Crippen molar-refractivity contribution in [2.45, 2.75) is 13.3 Å². The number of carbonyl (C=O) groups excluding carboxylic acids is 1. The maximum absolute atomic E-state index is 9.53. The van der Waals surface area contributed by atoms with Gasteiger partial charge in [0.2, 0.25) is 6.08 Å². The maximum atomic E-state index is 9.53. The molecule has 0 aliphatic rings. The van der Waals surface area contributed by atoms with E-state index in [0.29, 0.717) is 12.1 Å². The van der Waals surface area contributed by atoms with Crippen LogP contribution in [-0.2, 0) is 4.79 Å². The summed E-state index contributed by atoms with van der Waals surface area (Å²) in [5.74, 6) is 0. The summed E-state index contributed by atoms with van der Waals surface area (Å²) in [5, 5.41) is 2.32. The summed E-state index contributed by atoms with van der Waals surface area (Å²) in [6.45, 7) is 1.84. The van der Waals surface area contributed by atoms with Crippen LogP contribution in [0.4, 0.5) is 0 Å². The summed E-state index contributed by atoms with van der Waals surface area (Å²) in [5.41, 5.74) is 0.481. The highest BCUT2D eigenvalue weighted by atomic mass is 32.1. The van der Waals surface area contributed by atoms with Crippen LogP contribution in [0, 0.1) is 0 Å². The second kappa shape index (κ2) is 4.41. The maximum Gasteiger partial charge on any atom is 0.240 e. The highest BCUT2D eigenvalue weighted by molar-refractivity contribution is 7.78. The van der Waals surface area contributed by atoms with Crippen LogP contribution in [0.5, 0.6) is 0 Å². The molecule has 0 radical (unpaired) electrons. The van der Waals surface area contributed by atoms with Crippen molar-refractivity contribution in [2.24, 2.45) is 4.99 Å². The lowest BCUT2D eigenvalue weighted by Gasteiger charge is -1.79. The first-order chi connectivity index (χ1) is 3.85. The molecule has 42 valence electrons. The normalized spacial score (nSPS) is 6.62. The third-order valence-electron chi connectivity index (χ3n) is 0.633. The molecule has 0 amide bonds. The van der Waals surface area contributed by atoms with Gasteiger partial charge < -0.3 is 0 Å². The van der Waals surface area contributed by atoms with E-state index in [1.165, 1.54) is 6.08 Å². The van der Waals surface area contributed by atoms with Crippen molar-refractivity contribution in [3.8, 4) is 0 Å². The summed E-state index contributed by atoms with van der Waals surface area (Å²) in [6.07, 6.45) is 2.02. The van der Waals surface area contributed by atoms with Gasteiger partial charge in [0.05, 0.1) is 0 Å². The molecule has 0 fully saturated rings. The Morgan fingerprint density at radius 2 is 2.50 bits per heavy atom. The Kier molecular flexibility index (Phi) is 4.00. The molecule has 0 rings (SSSR count). The number of hydrogen-bond donors (Lipinski definition) is 0. The molecule has 0 atom stereocenters. The zero-order valence-corrected chi connectivity index (χ0v) is 5.29. The largest absolute Gasteiger partial charge is 0.240 e. The summed E-state index contributed by atoms with van der Waals surface area (Å²) < 4.78 is 0. The zero-order valence-electron chi connectivity index (χ0n) is 4.47. The summed E-state index contributed by atoms with van der Waals surface area (Å²) in [4.78, 5) is 12.8. The molecule has 0 aliphatic carbocycles. The van der Waals surface area contributed by atoms with E-state index in [1.54, 1.807) is 0 Å². The Hall–Kier alpha value is -0.750. The first-order valence-corrected chi connectivity index (χ1v) is 2.57. The monoisotopic (exact) mass is 127 g/mol. The van der Waals surface area contributed by atoms with Gasteiger partial charge in [0, 0.05) is 0 Å². The molecule has 0 saturated heterocycles. The average Bonchev–Trinajstić information content (AvgIpc) is 1.83. The molecule has 3 heteroatoms. The number of thiocarbonyl (C=S) groups is 1. The van der Waals surface area contributed by atoms with Gasteiger partial charge in [-0.2, -0.15) is 4.99 Å². The van der Waals surface area contributed by atoms with Crippen LogP contribution >= 0.6 is 12.2 Å². The van der Waals surface area contributed by atoms with E-state index in [9.17, 15) is 4.79 Å². The quantitative estimate of drug-likeness (QED) is 0.317. The molecule has 2 nitrogen and oxygen atoms in total. The van der Waals surface area contributed by atoms with Crippen LogP contribution in [0.1, 0.15) is 13.3 Å². The Morgan fingerprint density at radius 1 is 1.88 bits per heavy atom. The van der Waals surface area contributed by atoms with Crippen molar-refractivity contribution in [2.75, 3.05) is 0 Å². The summed E-state index contributed by atoms with van der Waals surface area (Å²) in [6, 6.07) is 0. The van der Waals surface area contributed by atoms with Crippen LogP contribution < -0.4 is 0 Å². The highest BCUT2D eigenvalue weighted by Crippen LogP contribution is 1.93. The molecule has 0 aromatic heterocycles. The topological polar surface area (TPSA) is 29.4 Å². The van der Waals surface area contributed by atoms with E-state index < -0.39 is 0 Å². The molecule has 0 bridgehead atoms. The third kappa shape index (κ3) is 2.43. The van der Waals surface area contributed by atoms with Gasteiger partial charge in [-0.15, -0.1) is 0 Å². The van der Waals surface area contributed by atoms with E-state index >= 15 is 0 Å². The molecule has 0 aliphatic heterocycles. The van der Waals surface area contributed by atoms with Gasteiger partial charge in [-0.1, -0.05) is 6.92 Å². The van der Waals surface area contributed by atoms with Crippen LogP contribution in [0.15, 0.2) is 10.7 Å². The predicted molar refractivity (Wildman–Crippen MR) is 34.5 cm³/mol. The van der Waals surface area contributed by atoms with Gasteiger partial charge in [-0.3, -0.25) is 0 Å². The number of rotatable bonds is 2. The fraction of sp³-hybridized carbons (Fsp3) is 0.400. The summed E-state index contributed by atoms with van der Waals surface area (Å²) >= 11 is 4.38. The van der Waals surface area contributed by atoms with Gasteiger partial charge in [0.1, 0.15) is 5.70 Å². The minimum Gasteiger partial charge on any atom is -0.211 e. The van der Waals surface area contributed by atoms with Crippen molar-refractivity contribution in [1.29, 1.82) is 0 Å². The lowest BCUT2D eigenvalue weighted by atomic mass is 10.4. The molecular formula is C5H5NOS. The van der Waals surface area contributed by atoms with Crippen molar-refractivity contribution in [3.63, 3.8) is 0 Å². The molecule has 0 aromatic carbocycles. The predicted octanol–water partition coefficient (Wildman–Crippen LogP) is 1.21. The Bertz CT molecular complexity index is 163. The fourth-order valence-corrected chi connectivity index (χ4v) is 0.419. The molecule has 0 unspecified atom stereocenters. The summed E-state index contributed by atoms with van der Waals surface area (Å²) in [7, 11) is 0. The van der Waals surface area contributed by atoms with E-state index in [2.05, 4.69) is 22.2 Å². The van der Waals surface area contributed by atoms with Gasteiger partial charge in [-0.25, -0.2) is 4.79 Å². The number of allylic oxidation sites excluding steroid dienone is 1. The first-order valence-electron chi connectivity index (χ1n) is 2.17. The second-order valence-corrected chi connectivity index (χ2v) is 1.31. The smallest absolute Gasteiger partial charge is 0.211 e. The number of aliphatic imine (C=N–C) groups is 1. The van der Waals surface area contributed by atoms with E-state index in [0.717, 1.165) is 0 Å². The standard InChI is InChI=1S/C5H5NOS/c1-2-5(3-8)6-4-7/h2H2,1H3. The lowest BCUT2D eigenvalue weighted by Crippen LogP contribution is -1.71. The van der Waals surface area contributed by atoms with E-state index in [-0.39, 0.29) is 0 Å². The lowest BCUT2D eigenvalue weighted by molar-refractivity contribution is 0.564. The molecular weight excluding hydrogens is 122 g/mol. The molecule has 0 spiro atoms. The second-order valence-electron chi connectivity index (χ2n) is 1.11. The highest BCUT2D eigenvalue weighted by Gasteiger charge is 1.82. The average molecular weight is 127 g/mol. The van der Waals surface area contributed by atoms with Gasteiger partial charge >= 0.3 is 0 Å². The van der Waals surface area contributed by atoms with E-state index in [1.807, 2.05) is 6.92 Å². The van der Waals surface area contributed by atoms with Gasteiger partial charge in [-0.05, 0) is 23.7 Å². The van der Waals surface area contributed by atoms with E-state index in [4.69, 9.17) is 0 Å². The number of isocyanates is 1. The number of nitrogens with zero attached hydrogens (tertiary/aromatic N) is 1. The Labute approximate surface area is 52.9 Å². The first kappa shape index (κ1) is 7.25. The fourth-order valence-electron chi connectivity index (χ4n) is 0.229. The van der Waals surface area contributed by atoms with Gasteiger partial charge in [0.15, 0.2) is 0 Å².